The van der Waals surface area contributed by atoms with Gasteiger partial charge in [0.15, 0.2) is 5.96 Å². The largest absolute Gasteiger partial charge is 0.506 e. The Morgan fingerprint density at radius 3 is 2.53 bits per heavy atom. The van der Waals surface area contributed by atoms with Gasteiger partial charge in [-0.2, -0.15) is 0 Å². The van der Waals surface area contributed by atoms with Crippen molar-refractivity contribution in [2.75, 3.05) is 44.7 Å². The fraction of sp³-hybridized carbons (Fsp3) is 0.391. The number of carbonyl (C=O) groups excluding carboxylic acids is 1. The number of hydrogen-bond acceptors (Lipinski definition) is 4. The number of guanidine groups is 1. The summed E-state index contributed by atoms with van der Waals surface area (Å²) in [6, 6.07) is 15.1. The summed E-state index contributed by atoms with van der Waals surface area (Å²) in [5, 5.41) is 16.4. The Hall–Kier alpha value is -3.22. The molecule has 0 aliphatic carbocycles. The number of hydrogen-bond donors (Lipinski definition) is 3. The number of nitrogens with zero attached hydrogens (tertiary/aromatic N) is 3. The highest BCUT2D eigenvalue weighted by molar-refractivity contribution is 5.94. The van der Waals surface area contributed by atoms with E-state index in [1.165, 1.54) is 0 Å². The Bertz CT molecular complexity index is 875. The van der Waals surface area contributed by atoms with E-state index in [0.29, 0.717) is 24.4 Å². The van der Waals surface area contributed by atoms with Gasteiger partial charge in [-0.25, -0.2) is 0 Å². The van der Waals surface area contributed by atoms with E-state index < -0.39 is 0 Å². The Kier molecular flexibility index (Phi) is 7.54. The molecule has 3 N–H and O–H groups in total. The van der Waals surface area contributed by atoms with E-state index in [1.54, 1.807) is 13.1 Å². The van der Waals surface area contributed by atoms with Crippen molar-refractivity contribution in [2.45, 2.75) is 19.9 Å². The molecule has 1 amide bonds. The van der Waals surface area contributed by atoms with Crippen LogP contribution in [-0.4, -0.2) is 61.6 Å². The third-order valence-electron chi connectivity index (χ3n) is 5.19. The van der Waals surface area contributed by atoms with Crippen molar-refractivity contribution >= 4 is 17.6 Å². The molecule has 0 spiro atoms. The minimum atomic E-state index is -0.0385. The molecule has 0 saturated carbocycles. The lowest BCUT2D eigenvalue weighted by Gasteiger charge is -2.37. The SMILES string of the molecule is CCCNC(=O)c1cccc(CNC(=NC)N2CCN(c3ccccc3O)CC2)c1. The zero-order valence-electron chi connectivity index (χ0n) is 17.8. The van der Waals surface area contributed by atoms with Gasteiger partial charge in [0.2, 0.25) is 0 Å². The molecule has 1 saturated heterocycles. The summed E-state index contributed by atoms with van der Waals surface area (Å²) in [7, 11) is 1.78. The van der Waals surface area contributed by atoms with Gasteiger partial charge in [0, 0.05) is 51.9 Å². The molecule has 0 unspecified atom stereocenters. The highest BCUT2D eigenvalue weighted by Gasteiger charge is 2.21. The van der Waals surface area contributed by atoms with Gasteiger partial charge in [0.25, 0.3) is 5.91 Å². The second kappa shape index (κ2) is 10.5. The molecule has 0 atom stereocenters. The standard InChI is InChI=1S/C23H31N5O2/c1-3-11-25-22(30)19-8-6-7-18(16-19)17-26-23(24-2)28-14-12-27(13-15-28)20-9-4-5-10-21(20)29/h4-10,16,29H,3,11-15,17H2,1-2H3,(H,24,26)(H,25,30). The van der Waals surface area contributed by atoms with E-state index in [2.05, 4.69) is 25.4 Å². The van der Waals surface area contributed by atoms with Crippen LogP contribution in [0, 0.1) is 0 Å². The van der Waals surface area contributed by atoms with Crippen LogP contribution in [0.4, 0.5) is 5.69 Å². The smallest absolute Gasteiger partial charge is 0.251 e. The van der Waals surface area contributed by atoms with Crippen LogP contribution in [0.2, 0.25) is 0 Å². The molecule has 7 heteroatoms. The number of phenols is 1. The van der Waals surface area contributed by atoms with E-state index in [0.717, 1.165) is 49.8 Å². The van der Waals surface area contributed by atoms with Gasteiger partial charge in [0.1, 0.15) is 5.75 Å². The quantitative estimate of drug-likeness (QED) is 0.504. The second-order valence-corrected chi connectivity index (χ2v) is 7.32. The fourth-order valence-electron chi connectivity index (χ4n) is 3.57. The minimum absolute atomic E-state index is 0.0385. The average molecular weight is 410 g/mol. The van der Waals surface area contributed by atoms with Gasteiger partial charge in [-0.15, -0.1) is 0 Å². The number of anilines is 1. The highest BCUT2D eigenvalue weighted by Crippen LogP contribution is 2.27. The lowest BCUT2D eigenvalue weighted by atomic mass is 10.1. The summed E-state index contributed by atoms with van der Waals surface area (Å²) >= 11 is 0. The lowest BCUT2D eigenvalue weighted by molar-refractivity contribution is 0.0953. The number of rotatable bonds is 6. The number of para-hydroxylation sites is 2. The Morgan fingerprint density at radius 2 is 1.83 bits per heavy atom. The predicted octanol–water partition coefficient (Wildman–Crippen LogP) is 2.43. The van der Waals surface area contributed by atoms with Crippen LogP contribution in [0.15, 0.2) is 53.5 Å². The third kappa shape index (κ3) is 5.43. The van der Waals surface area contributed by atoms with E-state index in [1.807, 2.05) is 49.4 Å². The first-order chi connectivity index (χ1) is 14.6. The summed E-state index contributed by atoms with van der Waals surface area (Å²) in [6.45, 7) is 6.56. The van der Waals surface area contributed by atoms with Gasteiger partial charge in [-0.05, 0) is 36.2 Å². The molecule has 3 rings (SSSR count). The van der Waals surface area contributed by atoms with Crippen molar-refractivity contribution in [3.63, 3.8) is 0 Å². The van der Waals surface area contributed by atoms with E-state index in [-0.39, 0.29) is 5.91 Å². The van der Waals surface area contributed by atoms with Crippen molar-refractivity contribution in [1.29, 1.82) is 0 Å². The first-order valence-corrected chi connectivity index (χ1v) is 10.5. The van der Waals surface area contributed by atoms with E-state index in [4.69, 9.17) is 0 Å². The van der Waals surface area contributed by atoms with Gasteiger partial charge in [-0.1, -0.05) is 31.2 Å². The molecular formula is C23H31N5O2. The Labute approximate surface area is 178 Å². The molecule has 2 aromatic rings. The summed E-state index contributed by atoms with van der Waals surface area (Å²) in [6.07, 6.45) is 0.917. The van der Waals surface area contributed by atoms with Crippen LogP contribution >= 0.6 is 0 Å². The number of piperazine rings is 1. The van der Waals surface area contributed by atoms with Crippen LogP contribution in [-0.2, 0) is 6.54 Å². The summed E-state index contributed by atoms with van der Waals surface area (Å²) in [5.41, 5.74) is 2.58. The first-order valence-electron chi connectivity index (χ1n) is 10.5. The predicted molar refractivity (Wildman–Crippen MR) is 121 cm³/mol. The van der Waals surface area contributed by atoms with Crippen LogP contribution in [0.25, 0.3) is 0 Å². The zero-order valence-corrected chi connectivity index (χ0v) is 17.8. The maximum atomic E-state index is 12.2. The molecular weight excluding hydrogens is 378 g/mol. The highest BCUT2D eigenvalue weighted by atomic mass is 16.3. The van der Waals surface area contributed by atoms with Gasteiger partial charge in [0.05, 0.1) is 5.69 Å². The van der Waals surface area contributed by atoms with Crippen LogP contribution in [0.1, 0.15) is 29.3 Å². The molecule has 1 aliphatic rings. The molecule has 1 aliphatic heterocycles. The Morgan fingerprint density at radius 1 is 1.07 bits per heavy atom. The summed E-state index contributed by atoms with van der Waals surface area (Å²) < 4.78 is 0. The molecule has 30 heavy (non-hydrogen) atoms. The molecule has 1 fully saturated rings. The van der Waals surface area contributed by atoms with Crippen LogP contribution < -0.4 is 15.5 Å². The van der Waals surface area contributed by atoms with Gasteiger partial charge < -0.3 is 25.5 Å². The molecule has 1 heterocycles. The minimum Gasteiger partial charge on any atom is -0.506 e. The topological polar surface area (TPSA) is 80.2 Å². The maximum Gasteiger partial charge on any atom is 0.251 e. The number of nitrogens with one attached hydrogen (secondary N) is 2. The number of aliphatic imine (C=N–C) groups is 1. The van der Waals surface area contributed by atoms with Crippen molar-refractivity contribution in [2.24, 2.45) is 4.99 Å². The zero-order chi connectivity index (χ0) is 21.3. The monoisotopic (exact) mass is 409 g/mol. The number of amides is 1. The molecule has 0 aromatic heterocycles. The summed E-state index contributed by atoms with van der Waals surface area (Å²) in [4.78, 5) is 21.0. The van der Waals surface area contributed by atoms with Crippen molar-refractivity contribution in [3.8, 4) is 5.75 Å². The molecule has 7 nitrogen and oxygen atoms in total. The van der Waals surface area contributed by atoms with Crippen LogP contribution in [0.3, 0.4) is 0 Å². The number of aromatic hydroxyl groups is 1. The van der Waals surface area contributed by atoms with E-state index >= 15 is 0 Å². The number of phenolic OH excluding ortho intramolecular Hbond substituents is 1. The molecule has 0 radical (unpaired) electrons. The van der Waals surface area contributed by atoms with Crippen molar-refractivity contribution < 1.29 is 9.90 Å². The number of benzene rings is 2. The number of carbonyl (C=O) groups is 1. The molecule has 2 aromatic carbocycles. The lowest BCUT2D eigenvalue weighted by Crippen LogP contribution is -2.52. The maximum absolute atomic E-state index is 12.2. The third-order valence-corrected chi connectivity index (χ3v) is 5.19. The van der Waals surface area contributed by atoms with Crippen molar-refractivity contribution in [1.82, 2.24) is 15.5 Å². The Balaban J connectivity index is 1.54. The van der Waals surface area contributed by atoms with Crippen molar-refractivity contribution in [3.05, 3.63) is 59.7 Å². The van der Waals surface area contributed by atoms with Gasteiger partial charge in [-0.3, -0.25) is 9.79 Å². The fourth-order valence-corrected chi connectivity index (χ4v) is 3.57. The normalized spacial score (nSPS) is 14.5. The van der Waals surface area contributed by atoms with Gasteiger partial charge >= 0.3 is 0 Å². The summed E-state index contributed by atoms with van der Waals surface area (Å²) in [5.74, 6) is 1.12. The molecule has 160 valence electrons. The second-order valence-electron chi connectivity index (χ2n) is 7.32. The first kappa shape index (κ1) is 21.5. The average Bonchev–Trinajstić information content (AvgIpc) is 2.79. The van der Waals surface area contributed by atoms with E-state index in [9.17, 15) is 9.90 Å². The van der Waals surface area contributed by atoms with Crippen LogP contribution in [0.5, 0.6) is 5.75 Å². The molecule has 0 bridgehead atoms.